The molecule has 2 unspecified atom stereocenters. The number of thioether (sulfide) groups is 1. The topological polar surface area (TPSA) is 71.5 Å². The lowest BCUT2D eigenvalue weighted by Gasteiger charge is -2.34. The summed E-state index contributed by atoms with van der Waals surface area (Å²) in [5.41, 5.74) is 3.00. The van der Waals surface area contributed by atoms with Crippen LogP contribution < -0.4 is 11.3 Å². The summed E-state index contributed by atoms with van der Waals surface area (Å²) in [5, 5.41) is 1.24. The number of nitrogen functional groups attached to an aromatic ring is 1. The number of carbonyl (C=O) groups is 1. The molecule has 1 aromatic rings. The number of hydrazine groups is 1. The SMILES string of the molecule is CC1CN(Cc2ccoc2C(=O)NN)CC(C)S1. The second kappa shape index (κ2) is 5.77. The van der Waals surface area contributed by atoms with Gasteiger partial charge in [0.2, 0.25) is 0 Å². The summed E-state index contributed by atoms with van der Waals surface area (Å²) >= 11 is 2.01. The molecule has 0 radical (unpaired) electrons. The lowest BCUT2D eigenvalue weighted by molar-refractivity contribution is 0.0923. The molecule has 0 bridgehead atoms. The number of furan rings is 1. The number of carbonyl (C=O) groups excluding carboxylic acids is 1. The summed E-state index contributed by atoms with van der Waals surface area (Å²) in [7, 11) is 0. The van der Waals surface area contributed by atoms with Crippen molar-refractivity contribution in [2.45, 2.75) is 30.9 Å². The molecule has 1 amide bonds. The number of nitrogens with two attached hydrogens (primary N) is 1. The van der Waals surface area contributed by atoms with E-state index in [4.69, 9.17) is 10.3 Å². The summed E-state index contributed by atoms with van der Waals surface area (Å²) in [6, 6.07) is 1.83. The predicted molar refractivity (Wildman–Crippen MR) is 72.2 cm³/mol. The van der Waals surface area contributed by atoms with E-state index in [2.05, 4.69) is 24.2 Å². The van der Waals surface area contributed by atoms with Gasteiger partial charge in [0.15, 0.2) is 5.76 Å². The molecule has 0 aromatic carbocycles. The monoisotopic (exact) mass is 269 g/mol. The third-order valence-corrected chi connectivity index (χ3v) is 4.20. The van der Waals surface area contributed by atoms with Gasteiger partial charge >= 0.3 is 5.91 Å². The van der Waals surface area contributed by atoms with Gasteiger partial charge in [-0.15, -0.1) is 0 Å². The number of rotatable bonds is 3. The Kier molecular flexibility index (Phi) is 4.31. The largest absolute Gasteiger partial charge is 0.459 e. The molecule has 2 rings (SSSR count). The molecular formula is C12H19N3O2S. The molecule has 1 aliphatic rings. The first-order valence-electron chi connectivity index (χ1n) is 6.05. The van der Waals surface area contributed by atoms with Crippen molar-refractivity contribution in [1.82, 2.24) is 10.3 Å². The van der Waals surface area contributed by atoms with E-state index in [1.165, 1.54) is 6.26 Å². The summed E-state index contributed by atoms with van der Waals surface area (Å²) in [4.78, 5) is 13.9. The molecule has 2 atom stereocenters. The van der Waals surface area contributed by atoms with E-state index >= 15 is 0 Å². The second-order valence-electron chi connectivity index (χ2n) is 4.70. The normalized spacial score (nSPS) is 25.1. The third-order valence-electron chi connectivity index (χ3n) is 2.97. The molecule has 18 heavy (non-hydrogen) atoms. The van der Waals surface area contributed by atoms with Crippen LogP contribution in [0.1, 0.15) is 30.0 Å². The smallest absolute Gasteiger partial charge is 0.301 e. The number of amides is 1. The van der Waals surface area contributed by atoms with Gasteiger partial charge in [-0.3, -0.25) is 15.1 Å². The van der Waals surface area contributed by atoms with Gasteiger partial charge in [-0.25, -0.2) is 5.84 Å². The quantitative estimate of drug-likeness (QED) is 0.490. The van der Waals surface area contributed by atoms with Crippen LogP contribution >= 0.6 is 11.8 Å². The van der Waals surface area contributed by atoms with Crippen LogP contribution in [0, 0.1) is 0 Å². The lowest BCUT2D eigenvalue weighted by Crippen LogP contribution is -2.40. The molecule has 1 fully saturated rings. The van der Waals surface area contributed by atoms with Gasteiger partial charge in [0.25, 0.3) is 0 Å². The molecule has 0 saturated carbocycles. The van der Waals surface area contributed by atoms with E-state index in [1.54, 1.807) is 0 Å². The van der Waals surface area contributed by atoms with Crippen molar-refractivity contribution in [3.05, 3.63) is 23.7 Å². The third kappa shape index (κ3) is 3.07. The van der Waals surface area contributed by atoms with Crippen molar-refractivity contribution in [3.8, 4) is 0 Å². The van der Waals surface area contributed by atoms with Gasteiger partial charge in [-0.2, -0.15) is 11.8 Å². The van der Waals surface area contributed by atoms with Crippen molar-refractivity contribution >= 4 is 17.7 Å². The molecule has 0 spiro atoms. The van der Waals surface area contributed by atoms with Gasteiger partial charge in [-0.05, 0) is 6.07 Å². The van der Waals surface area contributed by atoms with E-state index in [0.717, 1.165) is 25.2 Å². The zero-order valence-corrected chi connectivity index (χ0v) is 11.5. The average molecular weight is 269 g/mol. The first kappa shape index (κ1) is 13.5. The summed E-state index contributed by atoms with van der Waals surface area (Å²) < 4.78 is 5.19. The van der Waals surface area contributed by atoms with Crippen molar-refractivity contribution in [3.63, 3.8) is 0 Å². The maximum Gasteiger partial charge on any atom is 0.301 e. The fourth-order valence-electron chi connectivity index (χ4n) is 2.38. The Labute approximate surface area is 111 Å². The van der Waals surface area contributed by atoms with Crippen molar-refractivity contribution in [2.75, 3.05) is 13.1 Å². The molecule has 0 aliphatic carbocycles. The molecule has 1 aromatic heterocycles. The van der Waals surface area contributed by atoms with E-state index in [1.807, 2.05) is 17.8 Å². The minimum Gasteiger partial charge on any atom is -0.459 e. The van der Waals surface area contributed by atoms with Gasteiger partial charge in [0.1, 0.15) is 0 Å². The lowest BCUT2D eigenvalue weighted by atomic mass is 10.2. The molecular weight excluding hydrogens is 250 g/mol. The van der Waals surface area contributed by atoms with E-state index < -0.39 is 0 Å². The van der Waals surface area contributed by atoms with E-state index in [-0.39, 0.29) is 5.91 Å². The Balaban J connectivity index is 2.05. The Hall–Kier alpha value is -0.980. The highest BCUT2D eigenvalue weighted by molar-refractivity contribution is 8.00. The fraction of sp³-hybridized carbons (Fsp3) is 0.583. The number of nitrogens with one attached hydrogen (secondary N) is 1. The van der Waals surface area contributed by atoms with Crippen LogP contribution in [0.2, 0.25) is 0 Å². The van der Waals surface area contributed by atoms with Crippen molar-refractivity contribution in [2.24, 2.45) is 5.84 Å². The second-order valence-corrected chi connectivity index (χ2v) is 6.58. The van der Waals surface area contributed by atoms with Gasteiger partial charge in [-0.1, -0.05) is 13.8 Å². The summed E-state index contributed by atoms with van der Waals surface area (Å²) in [6.07, 6.45) is 1.53. The van der Waals surface area contributed by atoms with Crippen LogP contribution in [0.4, 0.5) is 0 Å². The zero-order valence-electron chi connectivity index (χ0n) is 10.7. The standard InChI is InChI=1S/C12H19N3O2S/c1-8-5-15(6-9(2)18-8)7-10-3-4-17-11(10)12(16)14-13/h3-4,8-9H,5-7,13H2,1-2H3,(H,14,16). The summed E-state index contributed by atoms with van der Waals surface area (Å²) in [5.74, 6) is 5.08. The Morgan fingerprint density at radius 3 is 2.83 bits per heavy atom. The number of hydrogen-bond donors (Lipinski definition) is 2. The van der Waals surface area contributed by atoms with Gasteiger partial charge in [0, 0.05) is 35.7 Å². The first-order valence-corrected chi connectivity index (χ1v) is 6.99. The van der Waals surface area contributed by atoms with Crippen LogP contribution in [0.5, 0.6) is 0 Å². The van der Waals surface area contributed by atoms with E-state index in [0.29, 0.717) is 16.3 Å². The zero-order chi connectivity index (χ0) is 13.1. The van der Waals surface area contributed by atoms with Gasteiger partial charge in [0.05, 0.1) is 6.26 Å². The van der Waals surface area contributed by atoms with Crippen LogP contribution in [0.25, 0.3) is 0 Å². The van der Waals surface area contributed by atoms with Gasteiger partial charge < -0.3 is 4.42 Å². The molecule has 1 aliphatic heterocycles. The average Bonchev–Trinajstić information content (AvgIpc) is 2.74. The summed E-state index contributed by atoms with van der Waals surface area (Å²) in [6.45, 7) is 7.26. The number of nitrogens with zero attached hydrogens (tertiary/aromatic N) is 1. The molecule has 6 heteroatoms. The predicted octanol–water partition coefficient (Wildman–Crippen LogP) is 1.21. The van der Waals surface area contributed by atoms with Crippen LogP contribution in [-0.2, 0) is 6.54 Å². The minimum absolute atomic E-state index is 0.316. The van der Waals surface area contributed by atoms with Crippen LogP contribution in [0.3, 0.4) is 0 Å². The molecule has 5 nitrogen and oxygen atoms in total. The maximum atomic E-state index is 11.5. The van der Waals surface area contributed by atoms with E-state index in [9.17, 15) is 4.79 Å². The fourth-order valence-corrected chi connectivity index (χ4v) is 3.77. The first-order chi connectivity index (χ1) is 8.60. The molecule has 2 heterocycles. The van der Waals surface area contributed by atoms with Crippen molar-refractivity contribution < 1.29 is 9.21 Å². The van der Waals surface area contributed by atoms with Crippen LogP contribution in [-0.4, -0.2) is 34.4 Å². The Morgan fingerprint density at radius 2 is 2.22 bits per heavy atom. The number of hydrogen-bond acceptors (Lipinski definition) is 5. The highest BCUT2D eigenvalue weighted by atomic mass is 32.2. The molecule has 1 saturated heterocycles. The maximum absolute atomic E-state index is 11.5. The van der Waals surface area contributed by atoms with Crippen molar-refractivity contribution in [1.29, 1.82) is 0 Å². The minimum atomic E-state index is -0.373. The highest BCUT2D eigenvalue weighted by Gasteiger charge is 2.24. The molecule has 100 valence electrons. The Morgan fingerprint density at radius 1 is 1.56 bits per heavy atom. The van der Waals surface area contributed by atoms with Crippen LogP contribution in [0.15, 0.2) is 16.7 Å². The highest BCUT2D eigenvalue weighted by Crippen LogP contribution is 2.26. The Bertz CT molecular complexity index is 411. The molecule has 3 N–H and O–H groups in total.